The Hall–Kier alpha value is -0.910. The predicted molar refractivity (Wildman–Crippen MR) is 80.7 cm³/mol. The highest BCUT2D eigenvalue weighted by atomic mass is 16.5. The molecule has 1 aliphatic rings. The van der Waals surface area contributed by atoms with E-state index in [1.807, 2.05) is 10.9 Å². The molecule has 114 valence electrons. The second-order valence-electron chi connectivity index (χ2n) is 5.52. The molecule has 1 unspecified atom stereocenters. The van der Waals surface area contributed by atoms with Crippen LogP contribution in [0.1, 0.15) is 31.7 Å². The number of piperidine rings is 1. The molecule has 1 fully saturated rings. The summed E-state index contributed by atoms with van der Waals surface area (Å²) in [6.45, 7) is 8.09. The second kappa shape index (κ2) is 8.39. The number of likely N-dealkylation sites (tertiary alicyclic amines) is 1. The number of nitrogens with zero attached hydrogens (tertiary/aromatic N) is 3. The lowest BCUT2D eigenvalue weighted by Gasteiger charge is -2.35. The molecule has 0 radical (unpaired) electrons. The molecule has 0 spiro atoms. The van der Waals surface area contributed by atoms with Crippen LogP contribution in [0.5, 0.6) is 0 Å². The van der Waals surface area contributed by atoms with Gasteiger partial charge in [-0.15, -0.1) is 0 Å². The van der Waals surface area contributed by atoms with E-state index in [4.69, 9.17) is 4.74 Å². The Bertz CT molecular complexity index is 380. The number of hydrogen-bond donors (Lipinski definition) is 1. The zero-order chi connectivity index (χ0) is 14.2. The van der Waals surface area contributed by atoms with Crippen LogP contribution in [0, 0.1) is 0 Å². The monoisotopic (exact) mass is 280 g/mol. The van der Waals surface area contributed by atoms with E-state index < -0.39 is 0 Å². The van der Waals surface area contributed by atoms with Crippen LogP contribution in [0.2, 0.25) is 0 Å². The van der Waals surface area contributed by atoms with Crippen LogP contribution in [0.15, 0.2) is 12.4 Å². The summed E-state index contributed by atoms with van der Waals surface area (Å²) in [5, 5.41) is 7.87. The SMILES string of the molecule is CCn1cc(CN2CCCCC2CNCCOC)cn1. The number of nitrogens with one attached hydrogen (secondary N) is 1. The average Bonchev–Trinajstić information content (AvgIpc) is 2.93. The van der Waals surface area contributed by atoms with Crippen molar-refractivity contribution in [2.24, 2.45) is 0 Å². The molecule has 1 aromatic heterocycles. The maximum atomic E-state index is 5.08. The van der Waals surface area contributed by atoms with E-state index in [1.54, 1.807) is 7.11 Å². The van der Waals surface area contributed by atoms with Gasteiger partial charge in [-0.3, -0.25) is 9.58 Å². The summed E-state index contributed by atoms with van der Waals surface area (Å²) < 4.78 is 7.09. The van der Waals surface area contributed by atoms with Gasteiger partial charge in [-0.1, -0.05) is 6.42 Å². The number of methoxy groups -OCH3 is 1. The Morgan fingerprint density at radius 1 is 1.45 bits per heavy atom. The molecule has 20 heavy (non-hydrogen) atoms. The molecule has 0 bridgehead atoms. The quantitative estimate of drug-likeness (QED) is 0.733. The highest BCUT2D eigenvalue weighted by Crippen LogP contribution is 2.19. The van der Waals surface area contributed by atoms with Crippen molar-refractivity contribution in [1.82, 2.24) is 20.0 Å². The first kappa shape index (κ1) is 15.5. The third-order valence-electron chi connectivity index (χ3n) is 4.01. The van der Waals surface area contributed by atoms with E-state index in [0.29, 0.717) is 6.04 Å². The first-order valence-electron chi connectivity index (χ1n) is 7.78. The zero-order valence-corrected chi connectivity index (χ0v) is 12.8. The van der Waals surface area contributed by atoms with Crippen LogP contribution in [0.3, 0.4) is 0 Å². The van der Waals surface area contributed by atoms with Crippen LogP contribution in [0.4, 0.5) is 0 Å². The van der Waals surface area contributed by atoms with Crippen molar-refractivity contribution < 1.29 is 4.74 Å². The fourth-order valence-electron chi connectivity index (χ4n) is 2.84. The Kier molecular flexibility index (Phi) is 6.50. The first-order valence-corrected chi connectivity index (χ1v) is 7.78. The zero-order valence-electron chi connectivity index (χ0n) is 12.8. The minimum absolute atomic E-state index is 0.644. The summed E-state index contributed by atoms with van der Waals surface area (Å²) in [6.07, 6.45) is 8.14. The summed E-state index contributed by atoms with van der Waals surface area (Å²) in [6, 6.07) is 0.644. The van der Waals surface area contributed by atoms with E-state index in [-0.39, 0.29) is 0 Å². The molecule has 0 aromatic carbocycles. The van der Waals surface area contributed by atoms with Crippen molar-refractivity contribution in [2.45, 2.75) is 45.3 Å². The van der Waals surface area contributed by atoms with Gasteiger partial charge in [0.05, 0.1) is 12.8 Å². The molecule has 1 aromatic rings. The van der Waals surface area contributed by atoms with Gasteiger partial charge < -0.3 is 10.1 Å². The second-order valence-corrected chi connectivity index (χ2v) is 5.52. The number of hydrogen-bond acceptors (Lipinski definition) is 4. The van der Waals surface area contributed by atoms with Crippen LogP contribution < -0.4 is 5.32 Å². The largest absolute Gasteiger partial charge is 0.383 e. The third-order valence-corrected chi connectivity index (χ3v) is 4.01. The summed E-state index contributed by atoms with van der Waals surface area (Å²) in [5.41, 5.74) is 1.33. The lowest BCUT2D eigenvalue weighted by atomic mass is 10.0. The maximum Gasteiger partial charge on any atom is 0.0587 e. The minimum atomic E-state index is 0.644. The van der Waals surface area contributed by atoms with E-state index >= 15 is 0 Å². The standard InChI is InChI=1S/C15H28N4O/c1-3-19-13-14(10-17-19)12-18-8-5-4-6-15(18)11-16-7-9-20-2/h10,13,15-16H,3-9,11-12H2,1-2H3. The Labute approximate surface area is 122 Å². The number of aryl methyl sites for hydroxylation is 1. The molecule has 0 aliphatic carbocycles. The van der Waals surface area contributed by atoms with Gasteiger partial charge in [-0.05, 0) is 26.3 Å². The van der Waals surface area contributed by atoms with Crippen LogP contribution in [0.25, 0.3) is 0 Å². The van der Waals surface area contributed by atoms with E-state index in [2.05, 4.69) is 28.4 Å². The Morgan fingerprint density at radius 2 is 2.35 bits per heavy atom. The van der Waals surface area contributed by atoms with E-state index in [1.165, 1.54) is 31.4 Å². The van der Waals surface area contributed by atoms with E-state index in [0.717, 1.165) is 32.8 Å². The number of rotatable bonds is 8. The van der Waals surface area contributed by atoms with Gasteiger partial charge in [0.15, 0.2) is 0 Å². The van der Waals surface area contributed by atoms with Crippen molar-refractivity contribution in [2.75, 3.05) is 33.4 Å². The van der Waals surface area contributed by atoms with Gasteiger partial charge in [0.25, 0.3) is 0 Å². The number of aromatic nitrogens is 2. The van der Waals surface area contributed by atoms with Crippen molar-refractivity contribution >= 4 is 0 Å². The Balaban J connectivity index is 1.82. The van der Waals surface area contributed by atoms with Crippen molar-refractivity contribution in [1.29, 1.82) is 0 Å². The lowest BCUT2D eigenvalue weighted by Crippen LogP contribution is -2.45. The lowest BCUT2D eigenvalue weighted by molar-refractivity contribution is 0.133. The topological polar surface area (TPSA) is 42.3 Å². The van der Waals surface area contributed by atoms with Gasteiger partial charge in [0, 0.05) is 51.1 Å². The first-order chi connectivity index (χ1) is 9.83. The van der Waals surface area contributed by atoms with Gasteiger partial charge in [-0.25, -0.2) is 0 Å². The van der Waals surface area contributed by atoms with Crippen LogP contribution in [-0.2, 0) is 17.8 Å². The normalized spacial score (nSPS) is 20.4. The van der Waals surface area contributed by atoms with E-state index in [9.17, 15) is 0 Å². The smallest absolute Gasteiger partial charge is 0.0587 e. The molecule has 1 N–H and O–H groups in total. The molecular weight excluding hydrogens is 252 g/mol. The maximum absolute atomic E-state index is 5.08. The molecule has 2 heterocycles. The summed E-state index contributed by atoms with van der Waals surface area (Å²) in [7, 11) is 1.75. The summed E-state index contributed by atoms with van der Waals surface area (Å²) in [5.74, 6) is 0. The molecule has 1 atom stereocenters. The van der Waals surface area contributed by atoms with Gasteiger partial charge >= 0.3 is 0 Å². The fourth-order valence-corrected chi connectivity index (χ4v) is 2.84. The molecular formula is C15H28N4O. The highest BCUT2D eigenvalue weighted by molar-refractivity contribution is 5.04. The number of ether oxygens (including phenoxy) is 1. The van der Waals surface area contributed by atoms with Crippen LogP contribution in [-0.4, -0.2) is 54.1 Å². The van der Waals surface area contributed by atoms with Crippen LogP contribution >= 0.6 is 0 Å². The third kappa shape index (κ3) is 4.58. The summed E-state index contributed by atoms with van der Waals surface area (Å²) in [4.78, 5) is 2.60. The highest BCUT2D eigenvalue weighted by Gasteiger charge is 2.22. The predicted octanol–water partition coefficient (Wildman–Crippen LogP) is 1.49. The molecule has 0 saturated carbocycles. The molecule has 0 amide bonds. The average molecular weight is 280 g/mol. The fraction of sp³-hybridized carbons (Fsp3) is 0.800. The molecule has 2 rings (SSSR count). The molecule has 5 heteroatoms. The van der Waals surface area contributed by atoms with Gasteiger partial charge in [0.2, 0.25) is 0 Å². The Morgan fingerprint density at radius 3 is 3.10 bits per heavy atom. The molecule has 1 saturated heterocycles. The minimum Gasteiger partial charge on any atom is -0.383 e. The van der Waals surface area contributed by atoms with Crippen molar-refractivity contribution in [3.63, 3.8) is 0 Å². The van der Waals surface area contributed by atoms with Gasteiger partial charge in [0.1, 0.15) is 0 Å². The molecule has 1 aliphatic heterocycles. The van der Waals surface area contributed by atoms with Gasteiger partial charge in [-0.2, -0.15) is 5.10 Å². The van der Waals surface area contributed by atoms with Crippen molar-refractivity contribution in [3.05, 3.63) is 18.0 Å². The summed E-state index contributed by atoms with van der Waals surface area (Å²) >= 11 is 0. The molecule has 5 nitrogen and oxygen atoms in total. The van der Waals surface area contributed by atoms with Crippen molar-refractivity contribution in [3.8, 4) is 0 Å².